The predicted octanol–water partition coefficient (Wildman–Crippen LogP) is 3.68. The molecule has 0 bridgehead atoms. The van der Waals surface area contributed by atoms with Gasteiger partial charge in [-0.25, -0.2) is 4.98 Å². The van der Waals surface area contributed by atoms with Crippen molar-refractivity contribution < 1.29 is 9.47 Å². The fourth-order valence-electron chi connectivity index (χ4n) is 1.77. The molecule has 0 saturated carbocycles. The summed E-state index contributed by atoms with van der Waals surface area (Å²) >= 11 is 0. The second kappa shape index (κ2) is 6.43. The molecular formula is C16H21N3O2. The maximum atomic E-state index is 5.93. The van der Waals surface area contributed by atoms with E-state index in [-0.39, 0.29) is 5.92 Å². The zero-order valence-electron chi connectivity index (χ0n) is 12.9. The Morgan fingerprint density at radius 2 is 1.71 bits per heavy atom. The molecule has 5 heteroatoms. The molecule has 0 spiro atoms. The number of nitrogens with two attached hydrogens (primary N) is 1. The summed E-state index contributed by atoms with van der Waals surface area (Å²) in [7, 11) is 0. The number of hydrogen-bond acceptors (Lipinski definition) is 5. The number of benzene rings is 1. The highest BCUT2D eigenvalue weighted by atomic mass is 16.5. The van der Waals surface area contributed by atoms with Crippen molar-refractivity contribution in [2.75, 3.05) is 12.3 Å². The van der Waals surface area contributed by atoms with Crippen molar-refractivity contribution in [1.29, 1.82) is 0 Å². The van der Waals surface area contributed by atoms with Crippen molar-refractivity contribution in [3.05, 3.63) is 35.7 Å². The van der Waals surface area contributed by atoms with Crippen molar-refractivity contribution in [2.24, 2.45) is 0 Å². The molecular weight excluding hydrogens is 266 g/mol. The van der Waals surface area contributed by atoms with E-state index < -0.39 is 0 Å². The summed E-state index contributed by atoms with van der Waals surface area (Å²) in [5.41, 5.74) is 6.67. The van der Waals surface area contributed by atoms with Crippen molar-refractivity contribution in [3.63, 3.8) is 0 Å². The number of nitrogens with zero attached hydrogens (tertiary/aromatic N) is 2. The Morgan fingerprint density at radius 1 is 1.10 bits per heavy atom. The van der Waals surface area contributed by atoms with Gasteiger partial charge in [0.2, 0.25) is 5.88 Å². The largest absolute Gasteiger partial charge is 0.494 e. The molecule has 1 heterocycles. The van der Waals surface area contributed by atoms with Gasteiger partial charge in [0.15, 0.2) is 0 Å². The van der Waals surface area contributed by atoms with Gasteiger partial charge in [0.1, 0.15) is 23.1 Å². The van der Waals surface area contributed by atoms with E-state index in [1.807, 2.05) is 52.0 Å². The topological polar surface area (TPSA) is 70.3 Å². The Balaban J connectivity index is 2.26. The summed E-state index contributed by atoms with van der Waals surface area (Å²) in [6.45, 7) is 8.48. The molecule has 0 amide bonds. The highest BCUT2D eigenvalue weighted by Gasteiger charge is 2.13. The smallest absolute Gasteiger partial charge is 0.227 e. The molecule has 1 aromatic heterocycles. The van der Waals surface area contributed by atoms with Crippen molar-refractivity contribution in [1.82, 2.24) is 9.97 Å². The third-order valence-electron chi connectivity index (χ3n) is 3.02. The van der Waals surface area contributed by atoms with Crippen LogP contribution in [0.15, 0.2) is 24.3 Å². The van der Waals surface area contributed by atoms with E-state index in [4.69, 9.17) is 15.2 Å². The van der Waals surface area contributed by atoms with Gasteiger partial charge in [0.25, 0.3) is 0 Å². The van der Waals surface area contributed by atoms with Crippen LogP contribution in [0.2, 0.25) is 0 Å². The van der Waals surface area contributed by atoms with Crippen LogP contribution in [0.5, 0.6) is 17.4 Å². The lowest BCUT2D eigenvalue weighted by Crippen LogP contribution is -2.06. The Bertz CT molecular complexity index is 610. The summed E-state index contributed by atoms with van der Waals surface area (Å²) < 4.78 is 11.2. The first-order chi connectivity index (χ1) is 10.0. The van der Waals surface area contributed by atoms with Crippen LogP contribution in [0.25, 0.3) is 0 Å². The number of rotatable bonds is 5. The average molecular weight is 287 g/mol. The van der Waals surface area contributed by atoms with Gasteiger partial charge >= 0.3 is 0 Å². The standard InChI is InChI=1S/C16H21N3O2/c1-5-20-12-6-8-13(9-7-12)21-16-11(4)14(17)18-15(19-16)10(2)3/h6-10H,5H2,1-4H3,(H2,17,18,19). The van der Waals surface area contributed by atoms with Gasteiger partial charge in [-0.15, -0.1) is 0 Å². The van der Waals surface area contributed by atoms with E-state index >= 15 is 0 Å². The quantitative estimate of drug-likeness (QED) is 0.908. The highest BCUT2D eigenvalue weighted by Crippen LogP contribution is 2.28. The van der Waals surface area contributed by atoms with Crippen LogP contribution >= 0.6 is 0 Å². The second-order valence-electron chi connectivity index (χ2n) is 5.06. The number of hydrogen-bond donors (Lipinski definition) is 1. The first-order valence-corrected chi connectivity index (χ1v) is 7.06. The van der Waals surface area contributed by atoms with E-state index in [1.54, 1.807) is 0 Å². The van der Waals surface area contributed by atoms with Gasteiger partial charge in [-0.1, -0.05) is 13.8 Å². The van der Waals surface area contributed by atoms with Crippen LogP contribution in [-0.4, -0.2) is 16.6 Å². The first kappa shape index (κ1) is 15.1. The molecule has 112 valence electrons. The van der Waals surface area contributed by atoms with Crippen LogP contribution in [-0.2, 0) is 0 Å². The van der Waals surface area contributed by atoms with Gasteiger partial charge in [-0.2, -0.15) is 4.98 Å². The molecule has 0 fully saturated rings. The van der Waals surface area contributed by atoms with Crippen LogP contribution in [0, 0.1) is 6.92 Å². The fraction of sp³-hybridized carbons (Fsp3) is 0.375. The van der Waals surface area contributed by atoms with E-state index in [0.717, 1.165) is 11.3 Å². The molecule has 0 aliphatic carbocycles. The number of ether oxygens (including phenoxy) is 2. The Kier molecular flexibility index (Phi) is 4.62. The third-order valence-corrected chi connectivity index (χ3v) is 3.02. The van der Waals surface area contributed by atoms with E-state index in [9.17, 15) is 0 Å². The maximum Gasteiger partial charge on any atom is 0.227 e. The number of anilines is 1. The van der Waals surface area contributed by atoms with E-state index in [1.165, 1.54) is 0 Å². The van der Waals surface area contributed by atoms with Crippen LogP contribution in [0.3, 0.4) is 0 Å². The monoisotopic (exact) mass is 287 g/mol. The van der Waals surface area contributed by atoms with Crippen molar-refractivity contribution in [2.45, 2.75) is 33.6 Å². The Hall–Kier alpha value is -2.30. The molecule has 21 heavy (non-hydrogen) atoms. The lowest BCUT2D eigenvalue weighted by molar-refractivity contribution is 0.339. The van der Waals surface area contributed by atoms with Crippen LogP contribution < -0.4 is 15.2 Å². The summed E-state index contributed by atoms with van der Waals surface area (Å²) in [5.74, 6) is 3.32. The van der Waals surface area contributed by atoms with Crippen molar-refractivity contribution in [3.8, 4) is 17.4 Å². The SMILES string of the molecule is CCOc1ccc(Oc2nc(C(C)C)nc(N)c2C)cc1. The summed E-state index contributed by atoms with van der Waals surface area (Å²) in [4.78, 5) is 8.72. The van der Waals surface area contributed by atoms with Crippen LogP contribution in [0.4, 0.5) is 5.82 Å². The van der Waals surface area contributed by atoms with Crippen molar-refractivity contribution >= 4 is 5.82 Å². The van der Waals surface area contributed by atoms with Gasteiger partial charge < -0.3 is 15.2 Å². The minimum Gasteiger partial charge on any atom is -0.494 e. The molecule has 0 aliphatic heterocycles. The minimum absolute atomic E-state index is 0.190. The Morgan fingerprint density at radius 3 is 2.29 bits per heavy atom. The molecule has 0 aliphatic rings. The highest BCUT2D eigenvalue weighted by molar-refractivity contribution is 5.46. The molecule has 0 radical (unpaired) electrons. The van der Waals surface area contributed by atoms with E-state index in [2.05, 4.69) is 9.97 Å². The molecule has 0 unspecified atom stereocenters. The Labute approximate surface area is 125 Å². The lowest BCUT2D eigenvalue weighted by atomic mass is 10.2. The molecule has 2 N–H and O–H groups in total. The number of aromatic nitrogens is 2. The summed E-state index contributed by atoms with van der Waals surface area (Å²) in [6, 6.07) is 7.42. The molecule has 0 saturated heterocycles. The fourth-order valence-corrected chi connectivity index (χ4v) is 1.77. The lowest BCUT2D eigenvalue weighted by Gasteiger charge is -2.13. The molecule has 5 nitrogen and oxygen atoms in total. The van der Waals surface area contributed by atoms with Crippen LogP contribution in [0.1, 0.15) is 38.1 Å². The minimum atomic E-state index is 0.190. The first-order valence-electron chi connectivity index (χ1n) is 7.06. The predicted molar refractivity (Wildman–Crippen MR) is 83.0 cm³/mol. The van der Waals surface area contributed by atoms with Gasteiger partial charge in [-0.05, 0) is 38.1 Å². The second-order valence-corrected chi connectivity index (χ2v) is 5.06. The molecule has 2 rings (SSSR count). The average Bonchev–Trinajstić information content (AvgIpc) is 2.45. The molecule has 2 aromatic rings. The summed E-state index contributed by atoms with van der Waals surface area (Å²) in [6.07, 6.45) is 0. The molecule has 0 atom stereocenters. The zero-order valence-corrected chi connectivity index (χ0v) is 12.9. The van der Waals surface area contributed by atoms with Gasteiger partial charge in [0, 0.05) is 5.92 Å². The molecule has 1 aromatic carbocycles. The normalized spacial score (nSPS) is 10.7. The van der Waals surface area contributed by atoms with E-state index in [0.29, 0.717) is 29.9 Å². The van der Waals surface area contributed by atoms with Gasteiger partial charge in [0.05, 0.1) is 12.2 Å². The zero-order chi connectivity index (χ0) is 15.4. The number of nitrogen functional groups attached to an aromatic ring is 1. The maximum absolute atomic E-state index is 5.93. The summed E-state index contributed by atoms with van der Waals surface area (Å²) in [5, 5.41) is 0. The van der Waals surface area contributed by atoms with Gasteiger partial charge in [-0.3, -0.25) is 0 Å². The third kappa shape index (κ3) is 3.62.